The molecule has 0 bridgehead atoms. The molecule has 1 heterocycles. The highest BCUT2D eigenvalue weighted by atomic mass is 79.9. The van der Waals surface area contributed by atoms with E-state index in [0.29, 0.717) is 16.8 Å². The molecule has 17 heavy (non-hydrogen) atoms. The fraction of sp³-hybridized carbons (Fsp3) is 0.0909. The molecule has 88 valence electrons. The number of nitrogens with zero attached hydrogens (tertiary/aromatic N) is 2. The summed E-state index contributed by atoms with van der Waals surface area (Å²) in [6.45, 7) is 0. The molecule has 1 aromatic heterocycles. The summed E-state index contributed by atoms with van der Waals surface area (Å²) in [5, 5.41) is 6.67. The van der Waals surface area contributed by atoms with Crippen LogP contribution >= 0.6 is 27.5 Å². The van der Waals surface area contributed by atoms with Crippen LogP contribution in [0.25, 0.3) is 0 Å². The highest BCUT2D eigenvalue weighted by Crippen LogP contribution is 2.28. The smallest absolute Gasteiger partial charge is 0.224 e. The number of rotatable bonds is 3. The summed E-state index contributed by atoms with van der Waals surface area (Å²) in [6.07, 6.45) is 1.68. The zero-order chi connectivity index (χ0) is 12.3. The van der Waals surface area contributed by atoms with Crippen molar-refractivity contribution in [2.24, 2.45) is 0 Å². The van der Waals surface area contributed by atoms with Crippen molar-refractivity contribution in [3.63, 3.8) is 0 Å². The molecule has 0 saturated heterocycles. The molecule has 0 spiro atoms. The normalized spacial score (nSPS) is 10.1. The van der Waals surface area contributed by atoms with Gasteiger partial charge in [-0.1, -0.05) is 23.7 Å². The topological polar surface area (TPSA) is 49.8 Å². The van der Waals surface area contributed by atoms with Crippen LogP contribution < -0.4 is 10.6 Å². The van der Waals surface area contributed by atoms with Gasteiger partial charge in [0.1, 0.15) is 5.82 Å². The first-order valence-electron chi connectivity index (χ1n) is 4.92. The van der Waals surface area contributed by atoms with Crippen molar-refractivity contribution in [1.29, 1.82) is 0 Å². The minimum absolute atomic E-state index is 0.544. The molecule has 0 atom stereocenters. The average Bonchev–Trinajstić information content (AvgIpc) is 2.35. The lowest BCUT2D eigenvalue weighted by molar-refractivity contribution is 1.14. The van der Waals surface area contributed by atoms with Crippen molar-refractivity contribution in [3.8, 4) is 0 Å². The SMILES string of the molecule is CNc1ncc(Br)c(Nc2ccccc2Cl)n1. The Hall–Kier alpha value is -1.33. The Morgan fingerprint density at radius 2 is 2.06 bits per heavy atom. The third kappa shape index (κ3) is 2.87. The lowest BCUT2D eigenvalue weighted by atomic mass is 10.3. The summed E-state index contributed by atoms with van der Waals surface area (Å²) in [6, 6.07) is 7.48. The third-order valence-electron chi connectivity index (χ3n) is 2.09. The van der Waals surface area contributed by atoms with E-state index in [1.54, 1.807) is 13.2 Å². The molecular weight excluding hydrogens is 304 g/mol. The van der Waals surface area contributed by atoms with E-state index >= 15 is 0 Å². The maximum Gasteiger partial charge on any atom is 0.224 e. The minimum Gasteiger partial charge on any atom is -0.357 e. The molecule has 0 aliphatic rings. The van der Waals surface area contributed by atoms with Crippen LogP contribution in [0.4, 0.5) is 17.5 Å². The van der Waals surface area contributed by atoms with E-state index in [1.165, 1.54) is 0 Å². The Morgan fingerprint density at radius 1 is 1.29 bits per heavy atom. The molecule has 2 N–H and O–H groups in total. The van der Waals surface area contributed by atoms with Gasteiger partial charge in [-0.15, -0.1) is 0 Å². The van der Waals surface area contributed by atoms with Crippen LogP contribution in [0.1, 0.15) is 0 Å². The van der Waals surface area contributed by atoms with Crippen LogP contribution in [0.5, 0.6) is 0 Å². The molecule has 0 amide bonds. The highest BCUT2D eigenvalue weighted by Gasteiger charge is 2.06. The van der Waals surface area contributed by atoms with Crippen molar-refractivity contribution >= 4 is 45.0 Å². The molecular formula is C11H10BrClN4. The molecule has 0 unspecified atom stereocenters. The zero-order valence-electron chi connectivity index (χ0n) is 9.04. The van der Waals surface area contributed by atoms with Crippen LogP contribution in [0.3, 0.4) is 0 Å². The average molecular weight is 314 g/mol. The van der Waals surface area contributed by atoms with E-state index in [0.717, 1.165) is 10.2 Å². The Kier molecular flexibility index (Phi) is 3.81. The number of nitrogens with one attached hydrogen (secondary N) is 2. The molecule has 0 fully saturated rings. The van der Waals surface area contributed by atoms with E-state index in [4.69, 9.17) is 11.6 Å². The van der Waals surface area contributed by atoms with Crippen molar-refractivity contribution < 1.29 is 0 Å². The van der Waals surface area contributed by atoms with Gasteiger partial charge >= 0.3 is 0 Å². The van der Waals surface area contributed by atoms with Gasteiger partial charge in [0.05, 0.1) is 15.2 Å². The van der Waals surface area contributed by atoms with Crippen LogP contribution in [-0.4, -0.2) is 17.0 Å². The number of benzene rings is 1. The predicted molar refractivity (Wildman–Crippen MR) is 74.0 cm³/mol. The Morgan fingerprint density at radius 3 is 2.76 bits per heavy atom. The quantitative estimate of drug-likeness (QED) is 0.907. The zero-order valence-corrected chi connectivity index (χ0v) is 11.4. The van der Waals surface area contributed by atoms with Gasteiger partial charge in [0.15, 0.2) is 0 Å². The second kappa shape index (κ2) is 5.33. The fourth-order valence-electron chi connectivity index (χ4n) is 1.27. The number of anilines is 3. The van der Waals surface area contributed by atoms with E-state index in [-0.39, 0.29) is 0 Å². The Labute approximate surface area is 113 Å². The summed E-state index contributed by atoms with van der Waals surface area (Å²) < 4.78 is 0.774. The number of halogens is 2. The van der Waals surface area contributed by atoms with Gasteiger partial charge in [0.2, 0.25) is 5.95 Å². The maximum atomic E-state index is 6.06. The van der Waals surface area contributed by atoms with Crippen molar-refractivity contribution in [1.82, 2.24) is 9.97 Å². The second-order valence-corrected chi connectivity index (χ2v) is 4.51. The fourth-order valence-corrected chi connectivity index (χ4v) is 1.74. The highest BCUT2D eigenvalue weighted by molar-refractivity contribution is 9.10. The summed E-state index contributed by atoms with van der Waals surface area (Å²) >= 11 is 9.45. The molecule has 0 radical (unpaired) electrons. The first-order valence-corrected chi connectivity index (χ1v) is 6.09. The monoisotopic (exact) mass is 312 g/mol. The third-order valence-corrected chi connectivity index (χ3v) is 3.00. The lowest BCUT2D eigenvalue weighted by Gasteiger charge is -2.09. The van der Waals surface area contributed by atoms with Crippen LogP contribution in [0, 0.1) is 0 Å². The number of hydrogen-bond donors (Lipinski definition) is 2. The van der Waals surface area contributed by atoms with Crippen LogP contribution in [0.15, 0.2) is 34.9 Å². The summed E-state index contributed by atoms with van der Waals surface area (Å²) in [7, 11) is 1.77. The standard InChI is InChI=1S/C11H10BrClN4/c1-14-11-15-6-7(12)10(17-11)16-9-5-3-2-4-8(9)13/h2-6H,1H3,(H2,14,15,16,17). The van der Waals surface area contributed by atoms with Gasteiger partial charge in [-0.25, -0.2) is 4.98 Å². The van der Waals surface area contributed by atoms with Gasteiger partial charge in [-0.3, -0.25) is 0 Å². The summed E-state index contributed by atoms with van der Waals surface area (Å²) in [5.41, 5.74) is 0.801. The van der Waals surface area contributed by atoms with Crippen molar-refractivity contribution in [3.05, 3.63) is 40.0 Å². The Bertz CT molecular complexity index is 533. The van der Waals surface area contributed by atoms with Crippen LogP contribution in [0.2, 0.25) is 5.02 Å². The number of aromatic nitrogens is 2. The van der Waals surface area contributed by atoms with Gasteiger partial charge < -0.3 is 10.6 Å². The van der Waals surface area contributed by atoms with Crippen molar-refractivity contribution in [2.45, 2.75) is 0 Å². The largest absolute Gasteiger partial charge is 0.357 e. The van der Waals surface area contributed by atoms with E-state index < -0.39 is 0 Å². The van der Waals surface area contributed by atoms with Crippen LogP contribution in [-0.2, 0) is 0 Å². The summed E-state index contributed by atoms with van der Waals surface area (Å²) in [5.74, 6) is 1.21. The second-order valence-electron chi connectivity index (χ2n) is 3.24. The molecule has 0 saturated carbocycles. The first kappa shape index (κ1) is 12.1. The van der Waals surface area contributed by atoms with Gasteiger partial charge in [0.25, 0.3) is 0 Å². The van der Waals surface area contributed by atoms with Crippen molar-refractivity contribution in [2.75, 3.05) is 17.7 Å². The maximum absolute atomic E-state index is 6.06. The summed E-state index contributed by atoms with van der Waals surface area (Å²) in [4.78, 5) is 8.37. The first-order chi connectivity index (χ1) is 8.20. The number of hydrogen-bond acceptors (Lipinski definition) is 4. The molecule has 0 aliphatic heterocycles. The van der Waals surface area contributed by atoms with Gasteiger partial charge in [-0.05, 0) is 28.1 Å². The predicted octanol–water partition coefficient (Wildman–Crippen LogP) is 3.68. The molecule has 4 nitrogen and oxygen atoms in total. The minimum atomic E-state index is 0.544. The molecule has 6 heteroatoms. The molecule has 2 aromatic rings. The van der Waals surface area contributed by atoms with E-state index in [2.05, 4.69) is 36.5 Å². The molecule has 1 aromatic carbocycles. The Balaban J connectivity index is 2.32. The van der Waals surface area contributed by atoms with Gasteiger partial charge in [0, 0.05) is 13.2 Å². The molecule has 2 rings (SSSR count). The number of para-hydroxylation sites is 1. The van der Waals surface area contributed by atoms with Gasteiger partial charge in [-0.2, -0.15) is 4.98 Å². The van der Waals surface area contributed by atoms with E-state index in [9.17, 15) is 0 Å². The lowest BCUT2D eigenvalue weighted by Crippen LogP contribution is -2.01. The van der Waals surface area contributed by atoms with E-state index in [1.807, 2.05) is 24.3 Å². The molecule has 0 aliphatic carbocycles.